The lowest BCUT2D eigenvalue weighted by molar-refractivity contribution is -0.129. The molecule has 0 bridgehead atoms. The van der Waals surface area contributed by atoms with Crippen LogP contribution in [0.25, 0.3) is 17.3 Å². The van der Waals surface area contributed by atoms with Crippen LogP contribution in [0.4, 0.5) is 4.39 Å². The van der Waals surface area contributed by atoms with Gasteiger partial charge in [-0.1, -0.05) is 18.2 Å². The number of methoxy groups -OCH3 is 2. The van der Waals surface area contributed by atoms with Gasteiger partial charge in [-0.05, 0) is 55.3 Å². The number of ether oxygens (including phenoxy) is 2. The van der Waals surface area contributed by atoms with Gasteiger partial charge in [0.15, 0.2) is 21.4 Å². The second-order valence-electron chi connectivity index (χ2n) is 10.0. The van der Waals surface area contributed by atoms with Gasteiger partial charge in [-0.3, -0.25) is 9.36 Å². The molecule has 0 unspecified atom stereocenters. The molecule has 41 heavy (non-hydrogen) atoms. The van der Waals surface area contributed by atoms with Crippen molar-refractivity contribution in [3.8, 4) is 28.8 Å². The van der Waals surface area contributed by atoms with Crippen molar-refractivity contribution >= 4 is 15.7 Å². The average molecular weight is 583 g/mol. The van der Waals surface area contributed by atoms with E-state index in [0.717, 1.165) is 5.56 Å². The summed E-state index contributed by atoms with van der Waals surface area (Å²) in [6, 6.07) is 14.7. The molecule has 1 fully saturated rings. The first kappa shape index (κ1) is 28.3. The summed E-state index contributed by atoms with van der Waals surface area (Å²) < 4.78 is 60.3. The van der Waals surface area contributed by atoms with E-state index in [2.05, 4.69) is 10.2 Å². The number of rotatable bonds is 8. The van der Waals surface area contributed by atoms with E-state index in [1.165, 1.54) is 38.2 Å². The van der Waals surface area contributed by atoms with Crippen LogP contribution in [0.3, 0.4) is 0 Å². The predicted molar refractivity (Wildman–Crippen MR) is 149 cm³/mol. The summed E-state index contributed by atoms with van der Waals surface area (Å²) in [4.78, 5) is 13.9. The largest absolute Gasteiger partial charge is 0.494 e. The highest BCUT2D eigenvalue weighted by Crippen LogP contribution is 2.38. The molecule has 1 saturated heterocycles. The highest BCUT2D eigenvalue weighted by molar-refractivity contribution is 7.91. The lowest BCUT2D eigenvalue weighted by Gasteiger charge is -2.37. The SMILES string of the molecule is COc1cccc(OC)c1-n1c(CS(=O)(=O)[C@H]2C[C@H](c3ccc(F)cc3)CN(C(C)=O)C2)nnc1-c1ccc(C)o1. The monoisotopic (exact) mass is 582 g/mol. The molecule has 12 heteroatoms. The molecule has 1 aliphatic rings. The Balaban J connectivity index is 1.57. The molecule has 0 N–H and O–H groups in total. The molecule has 10 nitrogen and oxygen atoms in total. The van der Waals surface area contributed by atoms with Crippen molar-refractivity contribution in [3.05, 3.63) is 77.6 Å². The number of benzene rings is 2. The first-order valence-corrected chi connectivity index (χ1v) is 14.8. The summed E-state index contributed by atoms with van der Waals surface area (Å²) in [5, 5.41) is 7.72. The van der Waals surface area contributed by atoms with Crippen LogP contribution in [-0.2, 0) is 20.4 Å². The maximum atomic E-state index is 14.0. The van der Waals surface area contributed by atoms with Crippen LogP contribution in [0.2, 0.25) is 0 Å². The number of likely N-dealkylation sites (tertiary alicyclic amines) is 1. The average Bonchev–Trinajstić information content (AvgIpc) is 3.57. The van der Waals surface area contributed by atoms with Crippen LogP contribution in [0, 0.1) is 12.7 Å². The third-order valence-electron chi connectivity index (χ3n) is 7.35. The highest BCUT2D eigenvalue weighted by Gasteiger charge is 2.38. The number of hydrogen-bond donors (Lipinski definition) is 0. The number of aryl methyl sites for hydroxylation is 1. The smallest absolute Gasteiger partial charge is 0.219 e. The summed E-state index contributed by atoms with van der Waals surface area (Å²) in [6.07, 6.45) is 0.272. The van der Waals surface area contributed by atoms with Gasteiger partial charge in [-0.25, -0.2) is 12.8 Å². The van der Waals surface area contributed by atoms with Gasteiger partial charge in [0.05, 0.1) is 19.5 Å². The molecule has 2 aromatic carbocycles. The Hall–Kier alpha value is -4.19. The molecule has 2 aromatic heterocycles. The molecule has 0 radical (unpaired) electrons. The van der Waals surface area contributed by atoms with Crippen LogP contribution >= 0.6 is 0 Å². The topological polar surface area (TPSA) is 117 Å². The van der Waals surface area contributed by atoms with Crippen LogP contribution in [-0.4, -0.2) is 66.5 Å². The predicted octanol–water partition coefficient (Wildman–Crippen LogP) is 4.31. The fourth-order valence-corrected chi connectivity index (χ4v) is 6.97. The Morgan fingerprint density at radius 1 is 1.02 bits per heavy atom. The van der Waals surface area contributed by atoms with Gasteiger partial charge in [-0.2, -0.15) is 0 Å². The van der Waals surface area contributed by atoms with Gasteiger partial charge in [-0.15, -0.1) is 10.2 Å². The molecule has 1 amide bonds. The van der Waals surface area contributed by atoms with Gasteiger partial charge in [0, 0.05) is 25.9 Å². The van der Waals surface area contributed by atoms with Crippen molar-refractivity contribution in [3.63, 3.8) is 0 Å². The fourth-order valence-electron chi connectivity index (χ4n) is 5.26. The second-order valence-corrected chi connectivity index (χ2v) is 12.3. The molecular formula is C29H31FN4O6S. The summed E-state index contributed by atoms with van der Waals surface area (Å²) >= 11 is 0. The van der Waals surface area contributed by atoms with Gasteiger partial charge in [0.25, 0.3) is 0 Å². The Labute approximate surface area is 237 Å². The normalized spacial score (nSPS) is 17.4. The van der Waals surface area contributed by atoms with Gasteiger partial charge in [0.2, 0.25) is 11.7 Å². The minimum absolute atomic E-state index is 0.0473. The van der Waals surface area contributed by atoms with Crippen LogP contribution in [0.1, 0.15) is 36.4 Å². The number of sulfone groups is 1. The number of nitrogens with zero attached hydrogens (tertiary/aromatic N) is 4. The van der Waals surface area contributed by atoms with E-state index >= 15 is 0 Å². The van der Waals surface area contributed by atoms with Crippen molar-refractivity contribution in [1.29, 1.82) is 0 Å². The first-order valence-electron chi connectivity index (χ1n) is 13.1. The maximum absolute atomic E-state index is 14.0. The number of aromatic nitrogens is 3. The van der Waals surface area contributed by atoms with E-state index in [0.29, 0.717) is 35.3 Å². The zero-order chi connectivity index (χ0) is 29.3. The fraction of sp³-hybridized carbons (Fsp3) is 0.345. The van der Waals surface area contributed by atoms with Gasteiger partial charge >= 0.3 is 0 Å². The number of piperidine rings is 1. The molecule has 0 saturated carbocycles. The van der Waals surface area contributed by atoms with E-state index < -0.39 is 20.8 Å². The summed E-state index contributed by atoms with van der Waals surface area (Å²) in [5.74, 6) is 0.945. The van der Waals surface area contributed by atoms with Crippen LogP contribution < -0.4 is 9.47 Å². The number of furan rings is 1. The van der Waals surface area contributed by atoms with Crippen molar-refractivity contribution in [2.45, 2.75) is 37.2 Å². The van der Waals surface area contributed by atoms with E-state index in [1.807, 2.05) is 0 Å². The quantitative estimate of drug-likeness (QED) is 0.302. The lowest BCUT2D eigenvalue weighted by atomic mass is 9.90. The Bertz CT molecular complexity index is 1640. The first-order chi connectivity index (χ1) is 19.6. The minimum atomic E-state index is -3.89. The number of hydrogen-bond acceptors (Lipinski definition) is 8. The van der Waals surface area contributed by atoms with Gasteiger partial charge < -0.3 is 18.8 Å². The zero-order valence-corrected chi connectivity index (χ0v) is 24.0. The number of para-hydroxylation sites is 1. The highest BCUT2D eigenvalue weighted by atomic mass is 32.2. The molecule has 4 aromatic rings. The van der Waals surface area contributed by atoms with Crippen molar-refractivity contribution < 1.29 is 31.5 Å². The summed E-state index contributed by atoms with van der Waals surface area (Å²) in [7, 11) is -0.881. The van der Waals surface area contributed by atoms with E-state index in [1.54, 1.807) is 54.0 Å². The zero-order valence-electron chi connectivity index (χ0n) is 23.2. The Morgan fingerprint density at radius 3 is 2.29 bits per heavy atom. The molecule has 2 atom stereocenters. The lowest BCUT2D eigenvalue weighted by Crippen LogP contribution is -2.47. The Kier molecular flexibility index (Phi) is 7.85. The van der Waals surface area contributed by atoms with E-state index in [9.17, 15) is 17.6 Å². The third-order valence-corrected chi connectivity index (χ3v) is 9.37. The molecule has 216 valence electrons. The van der Waals surface area contributed by atoms with Crippen LogP contribution in [0.15, 0.2) is 59.0 Å². The van der Waals surface area contributed by atoms with Crippen molar-refractivity contribution in [2.75, 3.05) is 27.3 Å². The van der Waals surface area contributed by atoms with Crippen molar-refractivity contribution in [2.24, 2.45) is 0 Å². The molecule has 0 aliphatic carbocycles. The number of carbonyl (C=O) groups excluding carboxylic acids is 1. The standard InChI is InChI=1S/C29H31FN4O6S/c1-18-8-13-26(40-18)29-32-31-27(34(29)28-24(38-3)6-5-7-25(28)39-4)17-41(36,37)23-14-21(15-33(16-23)19(2)35)20-9-11-22(30)12-10-20/h5-13,21,23H,14-17H2,1-4H3/t21-,23-/m0/s1. The number of carbonyl (C=O) groups is 1. The molecule has 3 heterocycles. The van der Waals surface area contributed by atoms with Crippen LogP contribution in [0.5, 0.6) is 11.5 Å². The Morgan fingerprint density at radius 2 is 1.71 bits per heavy atom. The van der Waals surface area contributed by atoms with Gasteiger partial charge in [0.1, 0.15) is 34.5 Å². The molecule has 1 aliphatic heterocycles. The summed E-state index contributed by atoms with van der Waals surface area (Å²) in [6.45, 7) is 3.61. The van der Waals surface area contributed by atoms with E-state index in [-0.39, 0.29) is 42.3 Å². The van der Waals surface area contributed by atoms with Crippen molar-refractivity contribution in [1.82, 2.24) is 19.7 Å². The second kappa shape index (κ2) is 11.4. The number of amides is 1. The third kappa shape index (κ3) is 5.69. The maximum Gasteiger partial charge on any atom is 0.219 e. The van der Waals surface area contributed by atoms with E-state index in [4.69, 9.17) is 13.9 Å². The minimum Gasteiger partial charge on any atom is -0.494 e. The molecule has 0 spiro atoms. The molecule has 5 rings (SSSR count). The summed E-state index contributed by atoms with van der Waals surface area (Å²) in [5.41, 5.74) is 1.20. The molecular weight excluding hydrogens is 551 g/mol. The number of halogens is 1.